The highest BCUT2D eigenvalue weighted by molar-refractivity contribution is 7.97. The molecule has 0 spiro atoms. The van der Waals surface area contributed by atoms with Gasteiger partial charge in [0.1, 0.15) is 0 Å². The predicted octanol–water partition coefficient (Wildman–Crippen LogP) is 4.50. The normalized spacial score (nSPS) is 12.7. The Hall–Kier alpha value is -0.160. The number of thiophene rings is 2. The first-order chi connectivity index (χ1) is 6.79. The van der Waals surface area contributed by atoms with Crippen molar-refractivity contribution in [1.82, 2.24) is 0 Å². The summed E-state index contributed by atoms with van der Waals surface area (Å²) in [5, 5.41) is 4.09. The SMILES string of the molecule is SC(=C(S)c1cccs1)c1cccs1. The monoisotopic (exact) mass is 256 g/mol. The van der Waals surface area contributed by atoms with Gasteiger partial charge in [-0.3, -0.25) is 0 Å². The van der Waals surface area contributed by atoms with E-state index >= 15 is 0 Å². The summed E-state index contributed by atoms with van der Waals surface area (Å²) in [7, 11) is 0. The van der Waals surface area contributed by atoms with Gasteiger partial charge in [0.15, 0.2) is 0 Å². The number of rotatable bonds is 2. The average molecular weight is 256 g/mol. The third kappa shape index (κ3) is 2.08. The molecule has 0 amide bonds. The number of hydrogen-bond donors (Lipinski definition) is 2. The lowest BCUT2D eigenvalue weighted by Gasteiger charge is -2.01. The minimum absolute atomic E-state index is 0.950. The molecule has 72 valence electrons. The van der Waals surface area contributed by atoms with E-state index in [-0.39, 0.29) is 0 Å². The molecule has 0 bridgehead atoms. The lowest BCUT2D eigenvalue weighted by atomic mass is 10.3. The summed E-state index contributed by atoms with van der Waals surface area (Å²) in [6.07, 6.45) is 0. The van der Waals surface area contributed by atoms with E-state index in [2.05, 4.69) is 37.4 Å². The van der Waals surface area contributed by atoms with Crippen LogP contribution >= 0.6 is 47.9 Å². The van der Waals surface area contributed by atoms with Crippen LogP contribution in [-0.2, 0) is 0 Å². The van der Waals surface area contributed by atoms with Gasteiger partial charge in [-0.15, -0.1) is 47.9 Å². The van der Waals surface area contributed by atoms with E-state index in [0.29, 0.717) is 0 Å². The van der Waals surface area contributed by atoms with Gasteiger partial charge in [0.2, 0.25) is 0 Å². The molecular weight excluding hydrogens is 248 g/mol. The van der Waals surface area contributed by atoms with Crippen LogP contribution in [0, 0.1) is 0 Å². The van der Waals surface area contributed by atoms with Crippen molar-refractivity contribution in [1.29, 1.82) is 0 Å². The van der Waals surface area contributed by atoms with Crippen LogP contribution in [-0.4, -0.2) is 0 Å². The maximum atomic E-state index is 4.49. The summed E-state index contributed by atoms with van der Waals surface area (Å²) >= 11 is 12.3. The summed E-state index contributed by atoms with van der Waals surface area (Å²) in [4.78, 5) is 4.22. The fourth-order valence-corrected chi connectivity index (χ4v) is 3.27. The Morgan fingerprint density at radius 3 is 1.57 bits per heavy atom. The zero-order valence-corrected chi connectivity index (χ0v) is 10.6. The molecule has 2 rings (SSSR count). The lowest BCUT2D eigenvalue weighted by molar-refractivity contribution is 1.92. The van der Waals surface area contributed by atoms with Gasteiger partial charge in [-0.1, -0.05) is 12.1 Å². The first kappa shape index (κ1) is 10.4. The zero-order valence-electron chi connectivity index (χ0n) is 7.18. The van der Waals surface area contributed by atoms with Gasteiger partial charge >= 0.3 is 0 Å². The van der Waals surface area contributed by atoms with Crippen LogP contribution < -0.4 is 0 Å². The van der Waals surface area contributed by atoms with Crippen molar-refractivity contribution in [3.05, 3.63) is 44.8 Å². The summed E-state index contributed by atoms with van der Waals surface area (Å²) in [5.41, 5.74) is 0. The average Bonchev–Trinajstić information content (AvgIpc) is 2.87. The Morgan fingerprint density at radius 2 is 1.29 bits per heavy atom. The first-order valence-electron chi connectivity index (χ1n) is 3.99. The van der Waals surface area contributed by atoms with E-state index in [9.17, 15) is 0 Å². The Bertz CT molecular complexity index is 380. The van der Waals surface area contributed by atoms with Crippen molar-refractivity contribution in [2.24, 2.45) is 0 Å². The second-order valence-corrected chi connectivity index (χ2v) is 5.44. The fraction of sp³-hybridized carbons (Fsp3) is 0. The molecule has 4 heteroatoms. The minimum atomic E-state index is 0.950. The van der Waals surface area contributed by atoms with Crippen LogP contribution in [0.2, 0.25) is 0 Å². The van der Waals surface area contributed by atoms with Crippen molar-refractivity contribution >= 4 is 57.7 Å². The van der Waals surface area contributed by atoms with Crippen LogP contribution in [0.25, 0.3) is 9.81 Å². The highest BCUT2D eigenvalue weighted by Crippen LogP contribution is 2.35. The van der Waals surface area contributed by atoms with E-state index in [0.717, 1.165) is 19.6 Å². The van der Waals surface area contributed by atoms with Crippen molar-refractivity contribution in [2.45, 2.75) is 0 Å². The van der Waals surface area contributed by atoms with Crippen LogP contribution in [0.5, 0.6) is 0 Å². The molecule has 0 N–H and O–H groups in total. The summed E-state index contributed by atoms with van der Waals surface area (Å²) in [5.74, 6) is 0. The zero-order chi connectivity index (χ0) is 9.97. The minimum Gasteiger partial charge on any atom is -0.143 e. The van der Waals surface area contributed by atoms with Crippen molar-refractivity contribution in [2.75, 3.05) is 0 Å². The molecule has 0 saturated carbocycles. The first-order valence-corrected chi connectivity index (χ1v) is 6.64. The molecule has 0 fully saturated rings. The van der Waals surface area contributed by atoms with Crippen LogP contribution in [0.15, 0.2) is 35.0 Å². The number of thiol groups is 2. The van der Waals surface area contributed by atoms with E-state index in [1.54, 1.807) is 22.7 Å². The molecule has 2 aromatic heterocycles. The Morgan fingerprint density at radius 1 is 0.857 bits per heavy atom. The highest BCUT2D eigenvalue weighted by atomic mass is 32.1. The van der Waals surface area contributed by atoms with Gasteiger partial charge in [-0.05, 0) is 22.9 Å². The van der Waals surface area contributed by atoms with Gasteiger partial charge < -0.3 is 0 Å². The molecule has 2 aromatic rings. The Balaban J connectivity index is 2.41. The maximum Gasteiger partial charge on any atom is 0.0415 e. The van der Waals surface area contributed by atoms with Gasteiger partial charge in [0.05, 0.1) is 0 Å². The van der Waals surface area contributed by atoms with Crippen molar-refractivity contribution in [3.8, 4) is 0 Å². The molecular formula is C10H8S4. The summed E-state index contributed by atoms with van der Waals surface area (Å²) < 4.78 is 0. The van der Waals surface area contributed by atoms with E-state index in [1.807, 2.05) is 22.9 Å². The third-order valence-corrected chi connectivity index (χ3v) is 4.92. The van der Waals surface area contributed by atoms with Gasteiger partial charge in [-0.2, -0.15) is 0 Å². The Labute approximate surface area is 102 Å². The van der Waals surface area contributed by atoms with E-state index in [4.69, 9.17) is 0 Å². The molecule has 0 radical (unpaired) electrons. The van der Waals surface area contributed by atoms with Crippen molar-refractivity contribution < 1.29 is 0 Å². The van der Waals surface area contributed by atoms with E-state index in [1.165, 1.54) is 0 Å². The summed E-state index contributed by atoms with van der Waals surface area (Å²) in [6.45, 7) is 0. The Kier molecular flexibility index (Phi) is 3.38. The van der Waals surface area contributed by atoms with Gasteiger partial charge in [-0.25, -0.2) is 0 Å². The van der Waals surface area contributed by atoms with Crippen molar-refractivity contribution in [3.63, 3.8) is 0 Å². The fourth-order valence-electron chi connectivity index (χ4n) is 1.06. The standard InChI is InChI=1S/C10H8S4/c11-9(7-3-1-5-13-7)10(12)8-4-2-6-14-8/h1-6,11-12H. The molecule has 0 aliphatic heterocycles. The molecule has 0 aliphatic carbocycles. The molecule has 0 saturated heterocycles. The maximum absolute atomic E-state index is 4.49. The van der Waals surface area contributed by atoms with Crippen LogP contribution in [0.1, 0.15) is 9.75 Å². The lowest BCUT2D eigenvalue weighted by Crippen LogP contribution is -1.73. The quantitative estimate of drug-likeness (QED) is 0.727. The third-order valence-electron chi connectivity index (χ3n) is 1.73. The smallest absolute Gasteiger partial charge is 0.0415 e. The predicted molar refractivity (Wildman–Crippen MR) is 73.4 cm³/mol. The molecule has 2 heterocycles. The largest absolute Gasteiger partial charge is 0.143 e. The van der Waals surface area contributed by atoms with E-state index < -0.39 is 0 Å². The molecule has 14 heavy (non-hydrogen) atoms. The molecule has 0 nitrogen and oxygen atoms in total. The highest BCUT2D eigenvalue weighted by Gasteiger charge is 2.06. The van der Waals surface area contributed by atoms with Gasteiger partial charge in [0.25, 0.3) is 0 Å². The summed E-state index contributed by atoms with van der Waals surface area (Å²) in [6, 6.07) is 8.14. The molecule has 0 unspecified atom stereocenters. The van der Waals surface area contributed by atoms with Gasteiger partial charge in [0, 0.05) is 19.6 Å². The molecule has 0 aliphatic rings. The molecule has 0 atom stereocenters. The van der Waals surface area contributed by atoms with Crippen LogP contribution in [0.4, 0.5) is 0 Å². The second kappa shape index (κ2) is 4.57. The molecule has 0 aromatic carbocycles. The second-order valence-electron chi connectivity index (χ2n) is 2.65. The topological polar surface area (TPSA) is 0 Å². The van der Waals surface area contributed by atoms with Crippen LogP contribution in [0.3, 0.4) is 0 Å². The number of hydrogen-bond acceptors (Lipinski definition) is 4.